The van der Waals surface area contributed by atoms with Gasteiger partial charge < -0.3 is 9.88 Å². The minimum Gasteiger partial charge on any atom is -0.312 e. The molecule has 4 nitrogen and oxygen atoms in total. The number of nitrogens with zero attached hydrogens (tertiary/aromatic N) is 3. The molecule has 0 bridgehead atoms. The van der Waals surface area contributed by atoms with E-state index in [4.69, 9.17) is 0 Å². The Bertz CT molecular complexity index is 404. The molecule has 4 heteroatoms. The van der Waals surface area contributed by atoms with Crippen molar-refractivity contribution >= 4 is 0 Å². The maximum absolute atomic E-state index is 4.48. The van der Waals surface area contributed by atoms with Gasteiger partial charge in [0.25, 0.3) is 0 Å². The number of aromatic nitrogens is 3. The Morgan fingerprint density at radius 2 is 2.05 bits per heavy atom. The van der Waals surface area contributed by atoms with Gasteiger partial charge in [0.1, 0.15) is 11.6 Å². The highest BCUT2D eigenvalue weighted by Crippen LogP contribution is 2.37. The van der Waals surface area contributed by atoms with Crippen molar-refractivity contribution in [2.75, 3.05) is 6.54 Å². The highest BCUT2D eigenvalue weighted by Gasteiger charge is 2.27. The van der Waals surface area contributed by atoms with Crippen molar-refractivity contribution in [1.29, 1.82) is 0 Å². The molecular formula is C15H26N4. The van der Waals surface area contributed by atoms with Crippen molar-refractivity contribution in [3.05, 3.63) is 11.6 Å². The van der Waals surface area contributed by atoms with Crippen molar-refractivity contribution in [3.8, 4) is 0 Å². The molecule has 1 N–H and O–H groups in total. The molecule has 1 aliphatic carbocycles. The zero-order chi connectivity index (χ0) is 13.1. The van der Waals surface area contributed by atoms with E-state index in [0.29, 0.717) is 5.92 Å². The van der Waals surface area contributed by atoms with Gasteiger partial charge in [-0.3, -0.25) is 0 Å². The van der Waals surface area contributed by atoms with E-state index in [9.17, 15) is 0 Å². The number of hydrogen-bond donors (Lipinski definition) is 1. The largest absolute Gasteiger partial charge is 0.312 e. The third-order valence-corrected chi connectivity index (χ3v) is 4.83. The van der Waals surface area contributed by atoms with Crippen LogP contribution in [-0.4, -0.2) is 21.3 Å². The first kappa shape index (κ1) is 13.1. The van der Waals surface area contributed by atoms with Gasteiger partial charge in [-0.25, -0.2) is 0 Å². The predicted octanol–water partition coefficient (Wildman–Crippen LogP) is 2.85. The molecule has 0 spiro atoms. The average Bonchev–Trinajstić information content (AvgIpc) is 2.90. The van der Waals surface area contributed by atoms with Crippen LogP contribution < -0.4 is 5.32 Å². The van der Waals surface area contributed by atoms with E-state index in [-0.39, 0.29) is 0 Å². The van der Waals surface area contributed by atoms with E-state index in [2.05, 4.69) is 27.0 Å². The number of nitrogens with one attached hydrogen (secondary N) is 1. The smallest absolute Gasteiger partial charge is 0.147 e. The molecule has 1 aromatic heterocycles. The molecule has 1 aliphatic heterocycles. The van der Waals surface area contributed by atoms with E-state index in [1.165, 1.54) is 50.8 Å². The van der Waals surface area contributed by atoms with Crippen LogP contribution in [-0.2, 0) is 13.1 Å². The van der Waals surface area contributed by atoms with Crippen molar-refractivity contribution in [3.63, 3.8) is 0 Å². The fourth-order valence-corrected chi connectivity index (χ4v) is 3.62. The van der Waals surface area contributed by atoms with Gasteiger partial charge in [0.15, 0.2) is 0 Å². The van der Waals surface area contributed by atoms with E-state index in [1.807, 2.05) is 0 Å². The standard InChI is InChI=1S/C15H26N4/c1-2-3-4-12-5-7-13(8-6-12)15-18-17-14-11-16-9-10-19(14)15/h12-13,16H,2-11H2,1H3. The van der Waals surface area contributed by atoms with Gasteiger partial charge >= 0.3 is 0 Å². The number of fused-ring (bicyclic) bond motifs is 1. The maximum Gasteiger partial charge on any atom is 0.147 e. The van der Waals surface area contributed by atoms with Crippen LogP contribution in [0.15, 0.2) is 0 Å². The summed E-state index contributed by atoms with van der Waals surface area (Å²) in [5.41, 5.74) is 0. The molecule has 19 heavy (non-hydrogen) atoms. The number of unbranched alkanes of at least 4 members (excludes halogenated alkanes) is 1. The molecule has 0 aromatic carbocycles. The van der Waals surface area contributed by atoms with E-state index in [1.54, 1.807) is 0 Å². The van der Waals surface area contributed by atoms with Crippen LogP contribution in [0.2, 0.25) is 0 Å². The fraction of sp³-hybridized carbons (Fsp3) is 0.867. The normalized spacial score (nSPS) is 27.2. The van der Waals surface area contributed by atoms with Crippen LogP contribution >= 0.6 is 0 Å². The Balaban J connectivity index is 1.60. The number of hydrogen-bond acceptors (Lipinski definition) is 3. The van der Waals surface area contributed by atoms with Crippen molar-refractivity contribution in [2.45, 2.75) is 70.9 Å². The molecule has 106 valence electrons. The molecule has 0 radical (unpaired) electrons. The zero-order valence-electron chi connectivity index (χ0n) is 12.1. The third kappa shape index (κ3) is 2.83. The summed E-state index contributed by atoms with van der Waals surface area (Å²) in [6.45, 7) is 5.29. The second kappa shape index (κ2) is 6.04. The van der Waals surface area contributed by atoms with Crippen LogP contribution in [0.4, 0.5) is 0 Å². The monoisotopic (exact) mass is 262 g/mol. The highest BCUT2D eigenvalue weighted by molar-refractivity contribution is 5.05. The lowest BCUT2D eigenvalue weighted by Gasteiger charge is -2.29. The van der Waals surface area contributed by atoms with Gasteiger partial charge in [0.2, 0.25) is 0 Å². The maximum atomic E-state index is 4.48. The molecule has 0 amide bonds. The minimum absolute atomic E-state index is 0.664. The Labute approximate surface area is 116 Å². The summed E-state index contributed by atoms with van der Waals surface area (Å²) in [6.07, 6.45) is 9.60. The van der Waals surface area contributed by atoms with Crippen LogP contribution in [0.25, 0.3) is 0 Å². The molecule has 2 aliphatic rings. The van der Waals surface area contributed by atoms with Crippen molar-refractivity contribution in [1.82, 2.24) is 20.1 Å². The molecule has 1 fully saturated rings. The van der Waals surface area contributed by atoms with E-state index < -0.39 is 0 Å². The topological polar surface area (TPSA) is 42.7 Å². The Hall–Kier alpha value is -0.900. The molecule has 0 unspecified atom stereocenters. The molecule has 1 aromatic rings. The summed E-state index contributed by atoms with van der Waals surface area (Å²) in [7, 11) is 0. The van der Waals surface area contributed by atoms with Crippen molar-refractivity contribution < 1.29 is 0 Å². The molecule has 0 atom stereocenters. The lowest BCUT2D eigenvalue weighted by molar-refractivity contribution is 0.292. The van der Waals surface area contributed by atoms with E-state index >= 15 is 0 Å². The number of rotatable bonds is 4. The zero-order valence-corrected chi connectivity index (χ0v) is 12.1. The summed E-state index contributed by atoms with van der Waals surface area (Å²) in [4.78, 5) is 0. The van der Waals surface area contributed by atoms with Crippen LogP contribution in [0.5, 0.6) is 0 Å². The second-order valence-electron chi connectivity index (χ2n) is 6.16. The predicted molar refractivity (Wildman–Crippen MR) is 76.0 cm³/mol. The van der Waals surface area contributed by atoms with Gasteiger partial charge in [-0.05, 0) is 31.6 Å². The van der Waals surface area contributed by atoms with Gasteiger partial charge in [-0.2, -0.15) is 0 Å². The van der Waals surface area contributed by atoms with E-state index in [0.717, 1.165) is 31.4 Å². The summed E-state index contributed by atoms with van der Waals surface area (Å²) < 4.78 is 2.37. The Morgan fingerprint density at radius 1 is 1.21 bits per heavy atom. The molecule has 3 rings (SSSR count). The summed E-state index contributed by atoms with van der Waals surface area (Å²) >= 11 is 0. The molecule has 0 saturated heterocycles. The summed E-state index contributed by atoms with van der Waals surface area (Å²) in [5.74, 6) is 4.04. The van der Waals surface area contributed by atoms with Crippen LogP contribution in [0.3, 0.4) is 0 Å². The van der Waals surface area contributed by atoms with Gasteiger partial charge in [-0.15, -0.1) is 10.2 Å². The first-order chi connectivity index (χ1) is 9.38. The highest BCUT2D eigenvalue weighted by atomic mass is 15.3. The third-order valence-electron chi connectivity index (χ3n) is 4.83. The average molecular weight is 262 g/mol. The molecule has 1 saturated carbocycles. The van der Waals surface area contributed by atoms with Crippen LogP contribution in [0.1, 0.15) is 69.4 Å². The van der Waals surface area contributed by atoms with Crippen LogP contribution in [0, 0.1) is 5.92 Å². The first-order valence-corrected chi connectivity index (χ1v) is 8.01. The SMILES string of the molecule is CCCCC1CCC(c2nnc3n2CCNC3)CC1. The fourth-order valence-electron chi connectivity index (χ4n) is 3.62. The quantitative estimate of drug-likeness (QED) is 0.907. The van der Waals surface area contributed by atoms with Gasteiger partial charge in [0.05, 0.1) is 6.54 Å². The Kier molecular flexibility index (Phi) is 4.16. The first-order valence-electron chi connectivity index (χ1n) is 8.01. The summed E-state index contributed by atoms with van der Waals surface area (Å²) in [5, 5.41) is 12.2. The molecular weight excluding hydrogens is 236 g/mol. The minimum atomic E-state index is 0.664. The van der Waals surface area contributed by atoms with Crippen molar-refractivity contribution in [2.24, 2.45) is 5.92 Å². The second-order valence-corrected chi connectivity index (χ2v) is 6.16. The molecule has 2 heterocycles. The summed E-state index contributed by atoms with van der Waals surface area (Å²) in [6, 6.07) is 0. The lowest BCUT2D eigenvalue weighted by Crippen LogP contribution is -2.30. The lowest BCUT2D eigenvalue weighted by atomic mass is 9.79. The van der Waals surface area contributed by atoms with Gasteiger partial charge in [0, 0.05) is 19.0 Å². The Morgan fingerprint density at radius 3 is 2.84 bits per heavy atom. The van der Waals surface area contributed by atoms with Gasteiger partial charge in [-0.1, -0.05) is 26.2 Å².